The maximum atomic E-state index is 11.7. The summed E-state index contributed by atoms with van der Waals surface area (Å²) >= 11 is 0. The van der Waals surface area contributed by atoms with E-state index >= 15 is 0 Å². The number of aryl methyl sites for hydroxylation is 1. The van der Waals surface area contributed by atoms with Gasteiger partial charge in [-0.3, -0.25) is 4.79 Å². The maximum absolute atomic E-state index is 11.7. The number of carbonyl (C=O) groups is 2. The number of nitrogens with zero attached hydrogens (tertiary/aromatic N) is 1. The Hall–Kier alpha value is -1.98. The molecular weight excluding hydrogens is 246 g/mol. The molecule has 0 radical (unpaired) electrons. The average molecular weight is 267 g/mol. The largest absolute Gasteiger partial charge is 0.451 e. The van der Waals surface area contributed by atoms with E-state index in [1.807, 2.05) is 20.8 Å². The van der Waals surface area contributed by atoms with Crippen LogP contribution in [0.2, 0.25) is 0 Å². The fourth-order valence-electron chi connectivity index (χ4n) is 1.46. The summed E-state index contributed by atoms with van der Waals surface area (Å²) in [6.07, 6.45) is 1.61. The number of nitrogen functional groups attached to an aromatic ring is 1. The van der Waals surface area contributed by atoms with E-state index in [0.29, 0.717) is 17.3 Å². The molecule has 1 unspecified atom stereocenters. The summed E-state index contributed by atoms with van der Waals surface area (Å²) in [5.41, 5.74) is 6.36. The minimum atomic E-state index is -0.563. The molecule has 0 aromatic carbocycles. The van der Waals surface area contributed by atoms with Crippen LogP contribution in [0.3, 0.4) is 0 Å². The number of amides is 1. The molecule has 0 saturated heterocycles. The molecule has 6 heteroatoms. The van der Waals surface area contributed by atoms with Crippen LogP contribution in [0, 0.1) is 5.92 Å². The number of carbonyl (C=O) groups excluding carboxylic acids is 2. The van der Waals surface area contributed by atoms with Gasteiger partial charge in [0.2, 0.25) is 0 Å². The Labute approximate surface area is 112 Å². The molecule has 0 spiro atoms. The normalized spacial score (nSPS) is 12.3. The zero-order valence-electron chi connectivity index (χ0n) is 11.8. The van der Waals surface area contributed by atoms with Gasteiger partial charge in [0.05, 0.1) is 5.69 Å². The van der Waals surface area contributed by atoms with E-state index in [1.165, 1.54) is 6.07 Å². The molecule has 6 nitrogen and oxygen atoms in total. The van der Waals surface area contributed by atoms with E-state index in [9.17, 15) is 9.59 Å². The fraction of sp³-hybridized carbons (Fsp3) is 0.538. The number of hydrogen-bond acceptors (Lipinski definition) is 4. The number of aromatic nitrogens is 1. The number of rotatable bonds is 5. The Bertz CT molecular complexity index is 466. The van der Waals surface area contributed by atoms with Crippen molar-refractivity contribution in [2.45, 2.75) is 26.8 Å². The summed E-state index contributed by atoms with van der Waals surface area (Å²) in [5, 5.41) is 2.76. The average Bonchev–Trinajstić information content (AvgIpc) is 2.65. The third kappa shape index (κ3) is 4.31. The highest BCUT2D eigenvalue weighted by atomic mass is 16.5. The molecule has 1 aromatic heterocycles. The summed E-state index contributed by atoms with van der Waals surface area (Å²) in [5.74, 6) is -0.546. The van der Waals surface area contributed by atoms with Crippen LogP contribution in [0.15, 0.2) is 12.3 Å². The maximum Gasteiger partial charge on any atom is 0.355 e. The standard InChI is InChI=1S/C13H21N3O3/c1-8(2)9(3)15-12(17)7-19-13(18)11-5-10(14)6-16(11)4/h5-6,8-9H,7,14H2,1-4H3,(H,15,17). The third-order valence-corrected chi connectivity index (χ3v) is 2.96. The second-order valence-electron chi connectivity index (χ2n) is 4.95. The van der Waals surface area contributed by atoms with Crippen LogP contribution >= 0.6 is 0 Å². The molecule has 1 heterocycles. The van der Waals surface area contributed by atoms with Crippen LogP contribution in [-0.2, 0) is 16.6 Å². The minimum Gasteiger partial charge on any atom is -0.451 e. The van der Waals surface area contributed by atoms with Crippen LogP contribution in [-0.4, -0.2) is 29.1 Å². The second-order valence-corrected chi connectivity index (χ2v) is 4.95. The van der Waals surface area contributed by atoms with Gasteiger partial charge in [0, 0.05) is 19.3 Å². The zero-order valence-corrected chi connectivity index (χ0v) is 11.8. The second kappa shape index (κ2) is 6.26. The van der Waals surface area contributed by atoms with Crippen molar-refractivity contribution in [3.63, 3.8) is 0 Å². The quantitative estimate of drug-likeness (QED) is 0.777. The van der Waals surface area contributed by atoms with Gasteiger partial charge in [0.25, 0.3) is 5.91 Å². The van der Waals surface area contributed by atoms with Crippen molar-refractivity contribution in [1.82, 2.24) is 9.88 Å². The Morgan fingerprint density at radius 3 is 2.53 bits per heavy atom. The molecule has 0 bridgehead atoms. The van der Waals surface area contributed by atoms with Crippen molar-refractivity contribution in [1.29, 1.82) is 0 Å². The number of ether oxygens (including phenoxy) is 1. The fourth-order valence-corrected chi connectivity index (χ4v) is 1.46. The van der Waals surface area contributed by atoms with Crippen LogP contribution < -0.4 is 11.1 Å². The molecule has 19 heavy (non-hydrogen) atoms. The predicted molar refractivity (Wildman–Crippen MR) is 72.6 cm³/mol. The highest BCUT2D eigenvalue weighted by Gasteiger charge is 2.16. The monoisotopic (exact) mass is 267 g/mol. The van der Waals surface area contributed by atoms with E-state index in [0.717, 1.165) is 0 Å². The Morgan fingerprint density at radius 2 is 2.05 bits per heavy atom. The van der Waals surface area contributed by atoms with Crippen LogP contribution in [0.25, 0.3) is 0 Å². The Morgan fingerprint density at radius 1 is 1.42 bits per heavy atom. The van der Waals surface area contributed by atoms with Gasteiger partial charge in [-0.05, 0) is 18.9 Å². The lowest BCUT2D eigenvalue weighted by molar-refractivity contribution is -0.125. The van der Waals surface area contributed by atoms with Crippen molar-refractivity contribution >= 4 is 17.6 Å². The molecule has 0 saturated carbocycles. The van der Waals surface area contributed by atoms with Crippen molar-refractivity contribution in [3.05, 3.63) is 18.0 Å². The van der Waals surface area contributed by atoms with Gasteiger partial charge in [-0.1, -0.05) is 13.8 Å². The van der Waals surface area contributed by atoms with E-state index in [-0.39, 0.29) is 18.6 Å². The molecule has 1 atom stereocenters. The first-order chi connectivity index (χ1) is 8.81. The smallest absolute Gasteiger partial charge is 0.355 e. The first-order valence-corrected chi connectivity index (χ1v) is 6.19. The Balaban J connectivity index is 2.47. The zero-order chi connectivity index (χ0) is 14.6. The van der Waals surface area contributed by atoms with E-state index in [1.54, 1.807) is 17.8 Å². The minimum absolute atomic E-state index is 0.0388. The summed E-state index contributed by atoms with van der Waals surface area (Å²) in [6, 6.07) is 1.55. The summed E-state index contributed by atoms with van der Waals surface area (Å²) < 4.78 is 6.50. The number of nitrogens with two attached hydrogens (primary N) is 1. The van der Waals surface area contributed by atoms with Gasteiger partial charge in [-0.15, -0.1) is 0 Å². The molecule has 0 fully saturated rings. The number of hydrogen-bond donors (Lipinski definition) is 2. The molecule has 0 aliphatic carbocycles. The first kappa shape index (κ1) is 15.1. The van der Waals surface area contributed by atoms with Crippen LogP contribution in [0.1, 0.15) is 31.3 Å². The molecule has 106 valence electrons. The van der Waals surface area contributed by atoms with Crippen molar-refractivity contribution in [3.8, 4) is 0 Å². The van der Waals surface area contributed by atoms with Crippen molar-refractivity contribution < 1.29 is 14.3 Å². The van der Waals surface area contributed by atoms with Gasteiger partial charge < -0.3 is 20.4 Å². The van der Waals surface area contributed by atoms with Gasteiger partial charge in [0.1, 0.15) is 5.69 Å². The highest BCUT2D eigenvalue weighted by molar-refractivity contribution is 5.91. The Kier molecular flexibility index (Phi) is 4.97. The first-order valence-electron chi connectivity index (χ1n) is 6.19. The molecular formula is C13H21N3O3. The molecule has 0 aliphatic heterocycles. The summed E-state index contributed by atoms with van der Waals surface area (Å²) in [7, 11) is 1.69. The van der Waals surface area contributed by atoms with Gasteiger partial charge in [-0.2, -0.15) is 0 Å². The van der Waals surface area contributed by atoms with E-state index < -0.39 is 5.97 Å². The number of nitrogens with one attached hydrogen (secondary N) is 1. The highest BCUT2D eigenvalue weighted by Crippen LogP contribution is 2.09. The number of anilines is 1. The molecule has 3 N–H and O–H groups in total. The SMILES string of the molecule is CC(C)C(C)NC(=O)COC(=O)c1cc(N)cn1C. The van der Waals surface area contributed by atoms with Gasteiger partial charge in [0.15, 0.2) is 6.61 Å². The van der Waals surface area contributed by atoms with E-state index in [4.69, 9.17) is 10.5 Å². The van der Waals surface area contributed by atoms with Crippen LogP contribution in [0.4, 0.5) is 5.69 Å². The summed E-state index contributed by atoms with van der Waals surface area (Å²) in [4.78, 5) is 23.3. The van der Waals surface area contributed by atoms with Crippen LogP contribution in [0.5, 0.6) is 0 Å². The lowest BCUT2D eigenvalue weighted by atomic mass is 10.1. The summed E-state index contributed by atoms with van der Waals surface area (Å²) in [6.45, 7) is 5.62. The van der Waals surface area contributed by atoms with Crippen molar-refractivity contribution in [2.75, 3.05) is 12.3 Å². The third-order valence-electron chi connectivity index (χ3n) is 2.96. The predicted octanol–water partition coefficient (Wildman–Crippen LogP) is 0.925. The van der Waals surface area contributed by atoms with E-state index in [2.05, 4.69) is 5.32 Å². The molecule has 1 aromatic rings. The van der Waals surface area contributed by atoms with Gasteiger partial charge >= 0.3 is 5.97 Å². The molecule has 0 aliphatic rings. The topological polar surface area (TPSA) is 86.3 Å². The molecule has 1 rings (SSSR count). The number of esters is 1. The van der Waals surface area contributed by atoms with Crippen molar-refractivity contribution in [2.24, 2.45) is 13.0 Å². The van der Waals surface area contributed by atoms with Gasteiger partial charge in [-0.25, -0.2) is 4.79 Å². The molecule has 1 amide bonds. The lowest BCUT2D eigenvalue weighted by Gasteiger charge is -2.17. The lowest BCUT2D eigenvalue weighted by Crippen LogP contribution is -2.38.